The van der Waals surface area contributed by atoms with Gasteiger partial charge >= 0.3 is 0 Å². The largest absolute Gasteiger partial charge is 0.387 e. The minimum absolute atomic E-state index is 0.404. The molecule has 2 aromatic carbocycles. The van der Waals surface area contributed by atoms with Crippen LogP contribution >= 0.6 is 0 Å². The fourth-order valence-electron chi connectivity index (χ4n) is 3.54. The predicted octanol–water partition coefficient (Wildman–Crippen LogP) is 5.79. The van der Waals surface area contributed by atoms with Gasteiger partial charge in [0.25, 0.3) is 0 Å². The molecular formula is C23H29NO. The maximum Gasteiger partial charge on any atom is 0.0940 e. The van der Waals surface area contributed by atoms with E-state index < -0.39 is 6.10 Å². The van der Waals surface area contributed by atoms with Crippen molar-refractivity contribution in [2.45, 2.75) is 59.0 Å². The van der Waals surface area contributed by atoms with E-state index in [0.29, 0.717) is 0 Å². The first-order chi connectivity index (χ1) is 12.1. The van der Waals surface area contributed by atoms with Crippen molar-refractivity contribution in [1.82, 2.24) is 4.98 Å². The van der Waals surface area contributed by atoms with Gasteiger partial charge in [-0.15, -0.1) is 0 Å². The second kappa shape index (κ2) is 7.88. The summed E-state index contributed by atoms with van der Waals surface area (Å²) < 4.78 is 0. The summed E-state index contributed by atoms with van der Waals surface area (Å²) >= 11 is 0. The Kier molecular flexibility index (Phi) is 5.60. The standard InChI is InChI=1S/C23H29NO/c1-4-5-11-22(25)23-19(13-12-18-9-7-6-8-10-18)20-14-16(2)17(3)15-21(20)24-23/h6-10,14-15,22,24-25H,4-5,11-13H2,1-3H3. The normalized spacial score (nSPS) is 12.6. The molecule has 0 aliphatic heterocycles. The second-order valence-corrected chi connectivity index (χ2v) is 7.14. The lowest BCUT2D eigenvalue weighted by Gasteiger charge is -2.12. The van der Waals surface area contributed by atoms with E-state index in [1.165, 1.54) is 27.6 Å². The van der Waals surface area contributed by atoms with Crippen LogP contribution in [-0.2, 0) is 12.8 Å². The Morgan fingerprint density at radius 1 is 1.00 bits per heavy atom. The Hall–Kier alpha value is -2.06. The summed E-state index contributed by atoms with van der Waals surface area (Å²) in [6.07, 6.45) is 4.51. The topological polar surface area (TPSA) is 36.0 Å². The van der Waals surface area contributed by atoms with Crippen LogP contribution in [0.1, 0.15) is 60.2 Å². The van der Waals surface area contributed by atoms with E-state index in [9.17, 15) is 5.11 Å². The van der Waals surface area contributed by atoms with Gasteiger partial charge in [0.05, 0.1) is 6.10 Å². The summed E-state index contributed by atoms with van der Waals surface area (Å²) in [5.74, 6) is 0. The molecule has 0 fully saturated rings. The molecular weight excluding hydrogens is 306 g/mol. The van der Waals surface area contributed by atoms with Crippen LogP contribution in [0.2, 0.25) is 0 Å². The van der Waals surface area contributed by atoms with Crippen molar-refractivity contribution in [1.29, 1.82) is 0 Å². The van der Waals surface area contributed by atoms with Gasteiger partial charge in [-0.2, -0.15) is 0 Å². The van der Waals surface area contributed by atoms with Crippen LogP contribution in [0.25, 0.3) is 10.9 Å². The number of aliphatic hydroxyl groups excluding tert-OH is 1. The van der Waals surface area contributed by atoms with Crippen molar-refractivity contribution in [3.05, 3.63) is 70.4 Å². The van der Waals surface area contributed by atoms with Gasteiger partial charge in [-0.1, -0.05) is 50.1 Å². The van der Waals surface area contributed by atoms with Crippen molar-refractivity contribution in [2.24, 2.45) is 0 Å². The third-order valence-corrected chi connectivity index (χ3v) is 5.22. The first kappa shape index (κ1) is 17.8. The summed E-state index contributed by atoms with van der Waals surface area (Å²) in [6.45, 7) is 6.48. The Morgan fingerprint density at radius 2 is 1.72 bits per heavy atom. The summed E-state index contributed by atoms with van der Waals surface area (Å²) in [5.41, 5.74) is 7.39. The molecule has 25 heavy (non-hydrogen) atoms. The number of aromatic nitrogens is 1. The molecule has 2 heteroatoms. The van der Waals surface area contributed by atoms with Gasteiger partial charge in [0.1, 0.15) is 0 Å². The highest BCUT2D eigenvalue weighted by Crippen LogP contribution is 2.32. The number of unbranched alkanes of at least 4 members (excludes halogenated alkanes) is 1. The zero-order valence-corrected chi connectivity index (χ0v) is 15.6. The summed E-state index contributed by atoms with van der Waals surface area (Å²) in [5, 5.41) is 12.0. The van der Waals surface area contributed by atoms with Crippen LogP contribution < -0.4 is 0 Å². The van der Waals surface area contributed by atoms with Gasteiger partial charge in [-0.05, 0) is 67.5 Å². The molecule has 2 N–H and O–H groups in total. The zero-order chi connectivity index (χ0) is 17.8. The molecule has 0 amide bonds. The Balaban J connectivity index is 1.97. The highest BCUT2D eigenvalue weighted by molar-refractivity contribution is 5.86. The van der Waals surface area contributed by atoms with E-state index in [0.717, 1.165) is 43.3 Å². The van der Waals surface area contributed by atoms with E-state index in [1.54, 1.807) is 0 Å². The van der Waals surface area contributed by atoms with Crippen LogP contribution in [0.15, 0.2) is 42.5 Å². The van der Waals surface area contributed by atoms with Crippen molar-refractivity contribution < 1.29 is 5.11 Å². The molecule has 0 radical (unpaired) electrons. The van der Waals surface area contributed by atoms with E-state index in [-0.39, 0.29) is 0 Å². The molecule has 1 atom stereocenters. The van der Waals surface area contributed by atoms with Crippen molar-refractivity contribution in [2.75, 3.05) is 0 Å². The van der Waals surface area contributed by atoms with E-state index in [2.05, 4.69) is 68.2 Å². The van der Waals surface area contributed by atoms with Gasteiger partial charge in [0.15, 0.2) is 0 Å². The fourth-order valence-corrected chi connectivity index (χ4v) is 3.54. The zero-order valence-electron chi connectivity index (χ0n) is 15.6. The summed E-state index contributed by atoms with van der Waals surface area (Å²) in [7, 11) is 0. The quantitative estimate of drug-likeness (QED) is 0.563. The van der Waals surface area contributed by atoms with Crippen molar-refractivity contribution >= 4 is 10.9 Å². The number of fused-ring (bicyclic) bond motifs is 1. The van der Waals surface area contributed by atoms with Gasteiger partial charge < -0.3 is 10.1 Å². The maximum atomic E-state index is 10.7. The Bertz CT molecular complexity index is 832. The number of H-pyrrole nitrogens is 1. The highest BCUT2D eigenvalue weighted by atomic mass is 16.3. The lowest BCUT2D eigenvalue weighted by Crippen LogP contribution is -2.03. The molecule has 0 aliphatic rings. The smallest absolute Gasteiger partial charge is 0.0940 e. The Labute approximate surface area is 150 Å². The number of aryl methyl sites for hydroxylation is 4. The number of benzene rings is 2. The summed E-state index contributed by atoms with van der Waals surface area (Å²) in [4.78, 5) is 3.53. The second-order valence-electron chi connectivity index (χ2n) is 7.14. The highest BCUT2D eigenvalue weighted by Gasteiger charge is 2.18. The number of hydrogen-bond acceptors (Lipinski definition) is 1. The van der Waals surface area contributed by atoms with E-state index in [1.807, 2.05) is 0 Å². The molecule has 1 aromatic heterocycles. The van der Waals surface area contributed by atoms with Crippen LogP contribution in [0.3, 0.4) is 0 Å². The van der Waals surface area contributed by atoms with Gasteiger partial charge in [0, 0.05) is 16.6 Å². The number of aliphatic hydroxyl groups is 1. The average Bonchev–Trinajstić information content (AvgIpc) is 2.96. The summed E-state index contributed by atoms with van der Waals surface area (Å²) in [6, 6.07) is 15.1. The van der Waals surface area contributed by atoms with Crippen molar-refractivity contribution in [3.63, 3.8) is 0 Å². The molecule has 3 rings (SSSR count). The monoisotopic (exact) mass is 335 g/mol. The molecule has 1 heterocycles. The van der Waals surface area contributed by atoms with Gasteiger partial charge in [-0.25, -0.2) is 0 Å². The van der Waals surface area contributed by atoms with Crippen LogP contribution in [-0.4, -0.2) is 10.1 Å². The van der Waals surface area contributed by atoms with E-state index in [4.69, 9.17) is 0 Å². The number of nitrogens with one attached hydrogen (secondary N) is 1. The minimum Gasteiger partial charge on any atom is -0.387 e. The average molecular weight is 335 g/mol. The van der Waals surface area contributed by atoms with Crippen LogP contribution in [0.4, 0.5) is 0 Å². The van der Waals surface area contributed by atoms with Crippen LogP contribution in [0, 0.1) is 13.8 Å². The molecule has 0 saturated heterocycles. The third-order valence-electron chi connectivity index (χ3n) is 5.22. The van der Waals surface area contributed by atoms with Crippen molar-refractivity contribution in [3.8, 4) is 0 Å². The molecule has 0 spiro atoms. The fraction of sp³-hybridized carbons (Fsp3) is 0.391. The molecule has 132 valence electrons. The maximum absolute atomic E-state index is 10.7. The number of rotatable bonds is 7. The number of hydrogen-bond donors (Lipinski definition) is 2. The molecule has 1 unspecified atom stereocenters. The predicted molar refractivity (Wildman–Crippen MR) is 106 cm³/mol. The minimum atomic E-state index is -0.404. The lowest BCUT2D eigenvalue weighted by atomic mass is 9.96. The third kappa shape index (κ3) is 3.96. The molecule has 0 aliphatic carbocycles. The molecule has 0 saturated carbocycles. The molecule has 3 aromatic rings. The first-order valence-corrected chi connectivity index (χ1v) is 9.43. The van der Waals surface area contributed by atoms with Crippen LogP contribution in [0.5, 0.6) is 0 Å². The molecule has 0 bridgehead atoms. The van der Waals surface area contributed by atoms with E-state index >= 15 is 0 Å². The first-order valence-electron chi connectivity index (χ1n) is 9.43. The van der Waals surface area contributed by atoms with Gasteiger partial charge in [-0.3, -0.25) is 0 Å². The number of aromatic amines is 1. The SMILES string of the molecule is CCCCC(O)c1[nH]c2cc(C)c(C)cc2c1CCc1ccccc1. The molecule has 2 nitrogen and oxygen atoms in total. The van der Waals surface area contributed by atoms with Gasteiger partial charge in [0.2, 0.25) is 0 Å². The lowest BCUT2D eigenvalue weighted by molar-refractivity contribution is 0.159. The Morgan fingerprint density at radius 3 is 2.44 bits per heavy atom.